The molecule has 0 aliphatic rings. The molecule has 0 fully saturated rings. The number of hydrogen-bond donors (Lipinski definition) is 0. The first-order chi connectivity index (χ1) is 11.1. The van der Waals surface area contributed by atoms with Gasteiger partial charge in [-0.25, -0.2) is 0 Å². The van der Waals surface area contributed by atoms with Gasteiger partial charge in [0, 0.05) is 68.3 Å². The fraction of sp³-hybridized carbons (Fsp3) is 0. The Morgan fingerprint density at radius 1 is 0.290 bits per heavy atom. The molecule has 0 spiro atoms. The van der Waals surface area contributed by atoms with Crippen molar-refractivity contribution in [3.8, 4) is 0 Å². The van der Waals surface area contributed by atoms with Crippen molar-refractivity contribution >= 4 is 46.9 Å². The Hall–Kier alpha value is 2.86. The van der Waals surface area contributed by atoms with Crippen molar-refractivity contribution in [2.75, 3.05) is 0 Å². The van der Waals surface area contributed by atoms with E-state index in [0.717, 1.165) is 0 Å². The van der Waals surface area contributed by atoms with Crippen molar-refractivity contribution < 1.29 is 167 Å². The third-order valence-corrected chi connectivity index (χ3v) is 5.40. The summed E-state index contributed by atoms with van der Waals surface area (Å²) in [5.74, 6) is 0. The molecule has 0 aliphatic heterocycles. The van der Waals surface area contributed by atoms with E-state index in [4.69, 9.17) is 0 Å². The third-order valence-electron chi connectivity index (χ3n) is 0.600. The van der Waals surface area contributed by atoms with E-state index in [2.05, 4.69) is 12.9 Å². The van der Waals surface area contributed by atoms with E-state index in [9.17, 15) is 86.1 Å². The van der Waals surface area contributed by atoms with Gasteiger partial charge in [-0.05, 0) is 0 Å². The SMILES string of the molecule is O=P([O-])([O-])OP(=O)([O-])[O-].O=P([O-])([O-])OP(=O)([O-])[O-].O=P([O-])([O-])OP(=O)([O-])[O-].[Fe].[Fe].[Fe].[Fe]. The smallest absolute Gasteiger partial charge is 0.0655 e. The van der Waals surface area contributed by atoms with Gasteiger partial charge in [-0.3, -0.25) is 0 Å². The fourth-order valence-corrected chi connectivity index (χ4v) is 3.31. The Kier molecular flexibility index (Phi) is 31.1. The zero-order chi connectivity index (χ0) is 23.1. The minimum Gasteiger partial charge on any atom is -0.790 e. The molecule has 0 atom stereocenters. The van der Waals surface area contributed by atoms with Crippen LogP contribution in [0, 0.1) is 0 Å². The van der Waals surface area contributed by atoms with E-state index in [1.165, 1.54) is 0 Å². The van der Waals surface area contributed by atoms with Crippen LogP contribution in [0.4, 0.5) is 0 Å². The van der Waals surface area contributed by atoms with Crippen LogP contribution in [0.25, 0.3) is 0 Å². The van der Waals surface area contributed by atoms with Gasteiger partial charge in [0.2, 0.25) is 0 Å². The average molecular weight is 745 g/mol. The van der Waals surface area contributed by atoms with E-state index in [1.54, 1.807) is 0 Å². The molecule has 0 amide bonds. The van der Waals surface area contributed by atoms with Crippen molar-refractivity contribution in [2.24, 2.45) is 0 Å². The molecule has 0 aromatic carbocycles. The zero-order valence-electron chi connectivity index (χ0n) is 12.7. The molecule has 0 aromatic rings. The summed E-state index contributed by atoms with van der Waals surface area (Å²) < 4.78 is 63.5. The van der Waals surface area contributed by atoms with Gasteiger partial charge in [-0.2, -0.15) is 0 Å². The maximum Gasteiger partial charge on any atom is 0.0655 e. The predicted octanol–water partition coefficient (Wildman–Crippen LogP) is -10.0. The fourth-order valence-electron chi connectivity index (χ4n) is 0.367. The molecule has 0 heterocycles. The number of hydrogen-bond acceptors (Lipinski definition) is 21. The molecule has 0 aliphatic carbocycles. The largest absolute Gasteiger partial charge is 0.790 e. The van der Waals surface area contributed by atoms with Crippen molar-refractivity contribution in [1.29, 1.82) is 0 Å². The van der Waals surface area contributed by atoms with Gasteiger partial charge in [0.25, 0.3) is 0 Å². The first-order valence-electron chi connectivity index (χ1n) is 4.38. The van der Waals surface area contributed by atoms with Crippen LogP contribution in [-0.4, -0.2) is 0 Å². The number of phosphoric acid groups is 6. The summed E-state index contributed by atoms with van der Waals surface area (Å²) in [4.78, 5) is 112. The topological polar surface area (TPSA) is 407 Å². The zero-order valence-corrected chi connectivity index (χ0v) is 22.5. The van der Waals surface area contributed by atoms with Crippen LogP contribution in [0.15, 0.2) is 0 Å². The second kappa shape index (κ2) is 19.0. The van der Waals surface area contributed by atoms with E-state index in [1.807, 2.05) is 0 Å². The van der Waals surface area contributed by atoms with E-state index >= 15 is 0 Å². The molecule has 31 heavy (non-hydrogen) atoms. The Balaban J connectivity index is -0.0000000524. The molecule has 0 rings (SSSR count). The van der Waals surface area contributed by atoms with Crippen LogP contribution >= 0.6 is 46.9 Å². The van der Waals surface area contributed by atoms with Gasteiger partial charge in [-0.15, -0.1) is 0 Å². The second-order valence-corrected chi connectivity index (χ2v) is 10.3. The van der Waals surface area contributed by atoms with Crippen LogP contribution in [0.3, 0.4) is 0 Å². The maximum atomic E-state index is 9.32. The molecular formula is Fe4O21P6-12. The Labute approximate surface area is 213 Å². The van der Waals surface area contributed by atoms with Crippen LogP contribution in [0.5, 0.6) is 0 Å². The molecule has 0 aromatic heterocycles. The minimum absolute atomic E-state index is 0. The van der Waals surface area contributed by atoms with Gasteiger partial charge in [0.15, 0.2) is 0 Å². The van der Waals surface area contributed by atoms with Crippen LogP contribution < -0.4 is 58.7 Å². The average Bonchev–Trinajstić information content (AvgIpc) is 1.96. The van der Waals surface area contributed by atoms with Gasteiger partial charge in [0.1, 0.15) is 0 Å². The third kappa shape index (κ3) is 71.9. The van der Waals surface area contributed by atoms with Gasteiger partial charge in [0.05, 0.1) is 46.9 Å². The van der Waals surface area contributed by atoms with Gasteiger partial charge < -0.3 is 99.0 Å². The minimum atomic E-state index is -5.68. The summed E-state index contributed by atoms with van der Waals surface area (Å²) >= 11 is 0. The molecule has 0 radical (unpaired) electrons. The Morgan fingerprint density at radius 3 is 0.355 bits per heavy atom. The van der Waals surface area contributed by atoms with Gasteiger partial charge >= 0.3 is 0 Å². The standard InChI is InChI=1S/4Fe.3H4O7P2/c;;;;3*1-8(2,3)7-9(4,5)6/h;;;;3*(H2,1,2,3)(H2,4,5,6)/p-12. The summed E-state index contributed by atoms with van der Waals surface area (Å²) in [6, 6.07) is 0. The molecule has 0 bridgehead atoms. The van der Waals surface area contributed by atoms with Crippen molar-refractivity contribution in [2.45, 2.75) is 0 Å². The van der Waals surface area contributed by atoms with E-state index in [-0.39, 0.29) is 68.3 Å². The Morgan fingerprint density at radius 2 is 0.355 bits per heavy atom. The summed E-state index contributed by atoms with van der Waals surface area (Å²) in [5.41, 5.74) is 0. The van der Waals surface area contributed by atoms with E-state index < -0.39 is 46.9 Å². The predicted molar refractivity (Wildman–Crippen MR) is 48.9 cm³/mol. The van der Waals surface area contributed by atoms with Crippen LogP contribution in [0.1, 0.15) is 0 Å². The van der Waals surface area contributed by atoms with Crippen molar-refractivity contribution in [1.82, 2.24) is 0 Å². The number of rotatable bonds is 6. The van der Waals surface area contributed by atoms with Gasteiger partial charge in [-0.1, -0.05) is 0 Å². The molecular weight excluding hydrogens is 745 g/mol. The van der Waals surface area contributed by atoms with Crippen LogP contribution in [0.2, 0.25) is 0 Å². The maximum absolute atomic E-state index is 9.32. The molecule has 200 valence electrons. The second-order valence-electron chi connectivity index (χ2n) is 2.93. The molecule has 0 N–H and O–H groups in total. The molecule has 0 unspecified atom stereocenters. The quantitative estimate of drug-likeness (QED) is 0.180. The normalized spacial score (nSPS) is 12.0. The van der Waals surface area contributed by atoms with Crippen molar-refractivity contribution in [3.63, 3.8) is 0 Å². The summed E-state index contributed by atoms with van der Waals surface area (Å²) in [5, 5.41) is 0. The molecule has 0 saturated heterocycles. The molecule has 31 heteroatoms. The first kappa shape index (κ1) is 50.7. The van der Waals surface area contributed by atoms with Crippen molar-refractivity contribution in [3.05, 3.63) is 0 Å². The summed E-state index contributed by atoms with van der Waals surface area (Å²) in [7, 11) is -34.1. The summed E-state index contributed by atoms with van der Waals surface area (Å²) in [6.45, 7) is 0. The van der Waals surface area contributed by atoms with E-state index in [0.29, 0.717) is 0 Å². The van der Waals surface area contributed by atoms with Crippen LogP contribution in [-0.2, 0) is 109 Å². The monoisotopic (exact) mass is 745 g/mol. The Bertz CT molecular complexity index is 559. The molecule has 21 nitrogen and oxygen atoms in total. The molecule has 0 saturated carbocycles. The summed E-state index contributed by atoms with van der Waals surface area (Å²) in [6.07, 6.45) is 0. The first-order valence-corrected chi connectivity index (χ1v) is 13.1.